The van der Waals surface area contributed by atoms with E-state index in [2.05, 4.69) is 0 Å². The Morgan fingerprint density at radius 1 is 1.33 bits per heavy atom. The summed E-state index contributed by atoms with van der Waals surface area (Å²) in [5, 5.41) is 10.4. The van der Waals surface area contributed by atoms with Crippen molar-refractivity contribution in [3.05, 3.63) is 35.9 Å². The van der Waals surface area contributed by atoms with Gasteiger partial charge in [0.1, 0.15) is 5.60 Å². The van der Waals surface area contributed by atoms with Crippen LogP contribution in [0.5, 0.6) is 0 Å². The highest BCUT2D eigenvalue weighted by molar-refractivity contribution is 5.67. The van der Waals surface area contributed by atoms with Crippen LogP contribution < -0.4 is 0 Å². The fraction of sp³-hybridized carbons (Fsp3) is 0.500. The van der Waals surface area contributed by atoms with E-state index < -0.39 is 11.7 Å². The molecule has 0 saturated heterocycles. The highest BCUT2D eigenvalue weighted by Gasteiger charge is 2.24. The van der Waals surface area contributed by atoms with Gasteiger partial charge in [-0.3, -0.25) is 5.21 Å². The Morgan fingerprint density at radius 2 is 1.89 bits per heavy atom. The molecular formula is C14H21NO3. The van der Waals surface area contributed by atoms with Gasteiger partial charge in [0.05, 0.1) is 6.04 Å². The first-order chi connectivity index (χ1) is 8.29. The molecule has 1 atom stereocenters. The minimum atomic E-state index is -0.717. The van der Waals surface area contributed by atoms with Crippen LogP contribution in [-0.2, 0) is 11.2 Å². The molecule has 4 heteroatoms. The molecule has 0 spiro atoms. The van der Waals surface area contributed by atoms with Gasteiger partial charge in [0.15, 0.2) is 0 Å². The first-order valence-electron chi connectivity index (χ1n) is 6.04. The summed E-state index contributed by atoms with van der Waals surface area (Å²) in [6, 6.07) is 9.37. The minimum Gasteiger partial charge on any atom is -0.442 e. The van der Waals surface area contributed by atoms with Crippen molar-refractivity contribution >= 4 is 6.09 Å². The maximum absolute atomic E-state index is 11.6. The van der Waals surface area contributed by atoms with Crippen LogP contribution in [0.1, 0.15) is 33.3 Å². The van der Waals surface area contributed by atoms with Gasteiger partial charge in [0, 0.05) is 0 Å². The van der Waals surface area contributed by atoms with Crippen molar-refractivity contribution in [2.75, 3.05) is 0 Å². The Hall–Kier alpha value is -1.55. The molecule has 0 aromatic heterocycles. The lowest BCUT2D eigenvalue weighted by atomic mass is 10.1. The van der Waals surface area contributed by atoms with Crippen molar-refractivity contribution in [1.29, 1.82) is 0 Å². The quantitative estimate of drug-likeness (QED) is 0.662. The van der Waals surface area contributed by atoms with Crippen molar-refractivity contribution in [3.63, 3.8) is 0 Å². The van der Waals surface area contributed by atoms with E-state index in [1.54, 1.807) is 27.7 Å². The number of nitrogens with zero attached hydrogens (tertiary/aromatic N) is 1. The van der Waals surface area contributed by atoms with Crippen LogP contribution in [0.3, 0.4) is 0 Å². The molecule has 0 aliphatic carbocycles. The van der Waals surface area contributed by atoms with Crippen molar-refractivity contribution in [2.45, 2.75) is 45.8 Å². The largest absolute Gasteiger partial charge is 0.442 e. The molecule has 0 heterocycles. The smallest absolute Gasteiger partial charge is 0.434 e. The summed E-state index contributed by atoms with van der Waals surface area (Å²) in [6.07, 6.45) is -0.137. The molecule has 18 heavy (non-hydrogen) atoms. The Balaban J connectivity index is 2.56. The monoisotopic (exact) mass is 251 g/mol. The van der Waals surface area contributed by atoms with Crippen molar-refractivity contribution in [3.8, 4) is 0 Å². The molecule has 0 bridgehead atoms. The van der Waals surface area contributed by atoms with Crippen LogP contribution in [0.25, 0.3) is 0 Å². The first kappa shape index (κ1) is 14.5. The van der Waals surface area contributed by atoms with Gasteiger partial charge >= 0.3 is 6.09 Å². The normalized spacial score (nSPS) is 12.9. The molecule has 100 valence electrons. The van der Waals surface area contributed by atoms with E-state index in [-0.39, 0.29) is 6.04 Å². The van der Waals surface area contributed by atoms with Crippen LogP contribution in [0.15, 0.2) is 30.3 Å². The Labute approximate surface area is 108 Å². The second kappa shape index (κ2) is 5.87. The number of rotatable bonds is 3. The van der Waals surface area contributed by atoms with Crippen LogP contribution in [0, 0.1) is 0 Å². The van der Waals surface area contributed by atoms with E-state index in [4.69, 9.17) is 4.74 Å². The molecule has 0 aliphatic heterocycles. The summed E-state index contributed by atoms with van der Waals surface area (Å²) < 4.78 is 5.10. The number of amides is 1. The lowest BCUT2D eigenvalue weighted by Crippen LogP contribution is -2.40. The van der Waals surface area contributed by atoms with Gasteiger partial charge < -0.3 is 4.74 Å². The van der Waals surface area contributed by atoms with Gasteiger partial charge in [-0.05, 0) is 39.7 Å². The molecule has 1 amide bonds. The topological polar surface area (TPSA) is 49.8 Å². The number of carbonyl (C=O) groups excluding carboxylic acids is 1. The van der Waals surface area contributed by atoms with Crippen LogP contribution >= 0.6 is 0 Å². The average molecular weight is 251 g/mol. The highest BCUT2D eigenvalue weighted by Crippen LogP contribution is 2.12. The Morgan fingerprint density at radius 3 is 2.39 bits per heavy atom. The molecule has 0 unspecified atom stereocenters. The summed E-state index contributed by atoms with van der Waals surface area (Å²) >= 11 is 0. The Bertz CT molecular complexity index is 384. The van der Waals surface area contributed by atoms with E-state index >= 15 is 0 Å². The van der Waals surface area contributed by atoms with Gasteiger partial charge in [-0.1, -0.05) is 30.3 Å². The molecular weight excluding hydrogens is 230 g/mol. The van der Waals surface area contributed by atoms with Crippen LogP contribution in [-0.4, -0.2) is 28.0 Å². The molecule has 0 fully saturated rings. The lowest BCUT2D eigenvalue weighted by Gasteiger charge is -2.26. The minimum absolute atomic E-state index is 0.331. The standard InChI is InChI=1S/C14H21NO3/c1-11(10-12-8-6-5-7-9-12)15(17)13(16)18-14(2,3)4/h5-9,11,17H,10H2,1-4H3/t11-/m0/s1. The number of ether oxygens (including phenoxy) is 1. The fourth-order valence-electron chi connectivity index (χ4n) is 1.53. The third kappa shape index (κ3) is 4.75. The number of carbonyl (C=O) groups is 1. The van der Waals surface area contributed by atoms with Gasteiger partial charge in [-0.2, -0.15) is 5.06 Å². The zero-order chi connectivity index (χ0) is 13.8. The predicted octanol–water partition coefficient (Wildman–Crippen LogP) is 3.24. The number of hydrogen-bond acceptors (Lipinski definition) is 3. The summed E-state index contributed by atoms with van der Waals surface area (Å²) in [4.78, 5) is 11.6. The van der Waals surface area contributed by atoms with Gasteiger partial charge in [0.25, 0.3) is 0 Å². The molecule has 0 radical (unpaired) electrons. The molecule has 1 aromatic carbocycles. The molecule has 1 aromatic rings. The van der Waals surface area contributed by atoms with Crippen molar-refractivity contribution in [2.24, 2.45) is 0 Å². The molecule has 1 N–H and O–H groups in total. The average Bonchev–Trinajstić information content (AvgIpc) is 2.27. The Kier molecular flexibility index (Phi) is 4.73. The molecule has 0 saturated carbocycles. The third-order valence-electron chi connectivity index (χ3n) is 2.37. The predicted molar refractivity (Wildman–Crippen MR) is 69.5 cm³/mol. The van der Waals surface area contributed by atoms with E-state index in [0.29, 0.717) is 11.5 Å². The SMILES string of the molecule is C[C@@H](Cc1ccccc1)N(O)C(=O)OC(C)(C)C. The fourth-order valence-corrected chi connectivity index (χ4v) is 1.53. The van der Waals surface area contributed by atoms with Crippen LogP contribution in [0.2, 0.25) is 0 Å². The maximum Gasteiger partial charge on any atom is 0.434 e. The third-order valence-corrected chi connectivity index (χ3v) is 2.37. The van der Waals surface area contributed by atoms with Gasteiger partial charge in [-0.25, -0.2) is 4.79 Å². The zero-order valence-corrected chi connectivity index (χ0v) is 11.4. The van der Waals surface area contributed by atoms with Gasteiger partial charge in [0.2, 0.25) is 0 Å². The number of hydroxylamine groups is 2. The zero-order valence-electron chi connectivity index (χ0n) is 11.4. The van der Waals surface area contributed by atoms with E-state index in [9.17, 15) is 10.0 Å². The lowest BCUT2D eigenvalue weighted by molar-refractivity contribution is -0.116. The highest BCUT2D eigenvalue weighted by atomic mass is 16.6. The molecule has 4 nitrogen and oxygen atoms in total. The van der Waals surface area contributed by atoms with Crippen molar-refractivity contribution in [1.82, 2.24) is 5.06 Å². The van der Waals surface area contributed by atoms with E-state index in [1.165, 1.54) is 0 Å². The first-order valence-corrected chi connectivity index (χ1v) is 6.04. The second-order valence-corrected chi connectivity index (χ2v) is 5.36. The van der Waals surface area contributed by atoms with Gasteiger partial charge in [-0.15, -0.1) is 0 Å². The molecule has 1 rings (SSSR count). The maximum atomic E-state index is 11.6. The van der Waals surface area contributed by atoms with Crippen molar-refractivity contribution < 1.29 is 14.7 Å². The van der Waals surface area contributed by atoms with Crippen LogP contribution in [0.4, 0.5) is 4.79 Å². The summed E-state index contributed by atoms with van der Waals surface area (Å²) in [7, 11) is 0. The molecule has 0 aliphatic rings. The number of benzene rings is 1. The van der Waals surface area contributed by atoms with E-state index in [0.717, 1.165) is 5.56 Å². The second-order valence-electron chi connectivity index (χ2n) is 5.36. The summed E-state index contributed by atoms with van der Waals surface area (Å²) in [6.45, 7) is 7.07. The summed E-state index contributed by atoms with van der Waals surface area (Å²) in [5.41, 5.74) is 0.456. The number of hydrogen-bond donors (Lipinski definition) is 1. The summed E-state index contributed by atoms with van der Waals surface area (Å²) in [5.74, 6) is 0. The van der Waals surface area contributed by atoms with E-state index in [1.807, 2.05) is 30.3 Å².